The first-order valence-corrected chi connectivity index (χ1v) is 6.99. The summed E-state index contributed by atoms with van der Waals surface area (Å²) in [5.41, 5.74) is 8.20. The van der Waals surface area contributed by atoms with Crippen molar-refractivity contribution >= 4 is 28.9 Å². The Hall–Kier alpha value is -2.20. The Bertz CT molecular complexity index is 671. The van der Waals surface area contributed by atoms with Crippen molar-refractivity contribution in [3.63, 3.8) is 0 Å². The first kappa shape index (κ1) is 15.2. The van der Waals surface area contributed by atoms with Gasteiger partial charge in [-0.2, -0.15) is 0 Å². The molecule has 0 atom stereocenters. The number of amides is 1. The van der Waals surface area contributed by atoms with E-state index in [-0.39, 0.29) is 5.91 Å². The first-order valence-electron chi connectivity index (χ1n) is 6.61. The van der Waals surface area contributed by atoms with E-state index in [4.69, 9.17) is 22.1 Å². The van der Waals surface area contributed by atoms with E-state index in [1.54, 1.807) is 30.3 Å². The quantitative estimate of drug-likeness (QED) is 0.842. The number of hydrogen-bond donors (Lipinski definition) is 2. The van der Waals surface area contributed by atoms with Gasteiger partial charge in [-0.3, -0.25) is 4.79 Å². The zero-order valence-electron chi connectivity index (χ0n) is 11.9. The van der Waals surface area contributed by atoms with E-state index >= 15 is 0 Å². The number of nitrogens with two attached hydrogens (primary N) is 1. The van der Waals surface area contributed by atoms with Gasteiger partial charge in [0.1, 0.15) is 5.75 Å². The number of carbonyl (C=O) groups excluding carboxylic acids is 1. The summed E-state index contributed by atoms with van der Waals surface area (Å²) in [6, 6.07) is 10.4. The Kier molecular flexibility index (Phi) is 4.70. The highest BCUT2D eigenvalue weighted by Gasteiger charge is 2.13. The fraction of sp³-hybridized carbons (Fsp3) is 0.188. The number of ether oxygens (including phenoxy) is 1. The van der Waals surface area contributed by atoms with Crippen LogP contribution in [0.3, 0.4) is 0 Å². The van der Waals surface area contributed by atoms with Gasteiger partial charge in [0.15, 0.2) is 0 Å². The van der Waals surface area contributed by atoms with Crippen LogP contribution in [0.2, 0.25) is 5.02 Å². The van der Waals surface area contributed by atoms with E-state index in [2.05, 4.69) is 5.32 Å². The van der Waals surface area contributed by atoms with Gasteiger partial charge in [-0.25, -0.2) is 0 Å². The van der Waals surface area contributed by atoms with Crippen molar-refractivity contribution < 1.29 is 9.53 Å². The maximum atomic E-state index is 12.4. The van der Waals surface area contributed by atoms with Crippen LogP contribution in [0.1, 0.15) is 22.8 Å². The van der Waals surface area contributed by atoms with Crippen molar-refractivity contribution in [3.05, 3.63) is 52.5 Å². The number of nitrogens with one attached hydrogen (secondary N) is 1. The SMILES string of the molecule is CCOc1ccc(Cl)cc1NC(=O)c1cc(C)ccc1N. The van der Waals surface area contributed by atoms with Crippen molar-refractivity contribution in [2.24, 2.45) is 0 Å². The molecule has 0 aliphatic rings. The molecule has 0 fully saturated rings. The molecule has 0 radical (unpaired) electrons. The predicted molar refractivity (Wildman–Crippen MR) is 86.2 cm³/mol. The second-order valence-electron chi connectivity index (χ2n) is 4.62. The molecule has 5 heteroatoms. The lowest BCUT2D eigenvalue weighted by molar-refractivity contribution is 0.102. The van der Waals surface area contributed by atoms with Crippen molar-refractivity contribution in [2.75, 3.05) is 17.7 Å². The maximum absolute atomic E-state index is 12.4. The molecule has 2 rings (SSSR count). The molecule has 0 saturated carbocycles. The highest BCUT2D eigenvalue weighted by molar-refractivity contribution is 6.31. The van der Waals surface area contributed by atoms with Crippen molar-refractivity contribution in [1.82, 2.24) is 0 Å². The average molecular weight is 305 g/mol. The zero-order valence-corrected chi connectivity index (χ0v) is 12.7. The molecule has 0 bridgehead atoms. The molecule has 3 N–H and O–H groups in total. The molecule has 4 nitrogen and oxygen atoms in total. The highest BCUT2D eigenvalue weighted by Crippen LogP contribution is 2.29. The van der Waals surface area contributed by atoms with E-state index < -0.39 is 0 Å². The number of aryl methyl sites for hydroxylation is 1. The van der Waals surface area contributed by atoms with Gasteiger partial charge in [-0.15, -0.1) is 0 Å². The standard InChI is InChI=1S/C16H17ClN2O2/c1-3-21-15-7-5-11(17)9-14(15)19-16(20)12-8-10(2)4-6-13(12)18/h4-9H,3,18H2,1-2H3,(H,19,20). The number of hydrogen-bond acceptors (Lipinski definition) is 3. The van der Waals surface area contributed by atoms with Gasteiger partial charge in [0.2, 0.25) is 0 Å². The molecule has 2 aromatic carbocycles. The van der Waals surface area contributed by atoms with Crippen LogP contribution < -0.4 is 15.8 Å². The second kappa shape index (κ2) is 6.50. The second-order valence-corrected chi connectivity index (χ2v) is 5.05. The molecule has 0 aromatic heterocycles. The van der Waals surface area contributed by atoms with E-state index in [9.17, 15) is 4.79 Å². The third kappa shape index (κ3) is 3.67. The van der Waals surface area contributed by atoms with Crippen LogP contribution in [0, 0.1) is 6.92 Å². The third-order valence-corrected chi connectivity index (χ3v) is 3.18. The molecule has 2 aromatic rings. The van der Waals surface area contributed by atoms with Crippen LogP contribution in [-0.2, 0) is 0 Å². The molecule has 0 heterocycles. The minimum atomic E-state index is -0.292. The van der Waals surface area contributed by atoms with Crippen LogP contribution in [-0.4, -0.2) is 12.5 Å². The number of carbonyl (C=O) groups is 1. The Morgan fingerprint density at radius 1 is 1.29 bits per heavy atom. The molecular weight excluding hydrogens is 288 g/mol. The minimum Gasteiger partial charge on any atom is -0.492 e. The smallest absolute Gasteiger partial charge is 0.257 e. The van der Waals surface area contributed by atoms with Crippen LogP contribution in [0.4, 0.5) is 11.4 Å². The summed E-state index contributed by atoms with van der Waals surface area (Å²) in [6.07, 6.45) is 0. The molecule has 0 aliphatic heterocycles. The largest absolute Gasteiger partial charge is 0.492 e. The molecule has 0 unspecified atom stereocenters. The van der Waals surface area contributed by atoms with Crippen molar-refractivity contribution in [3.8, 4) is 5.75 Å². The predicted octanol–water partition coefficient (Wildman–Crippen LogP) is 3.88. The number of anilines is 2. The summed E-state index contributed by atoms with van der Waals surface area (Å²) in [6.45, 7) is 4.27. The van der Waals surface area contributed by atoms with Gasteiger partial charge in [0.25, 0.3) is 5.91 Å². The molecule has 1 amide bonds. The number of rotatable bonds is 4. The Morgan fingerprint density at radius 2 is 2.05 bits per heavy atom. The summed E-state index contributed by atoms with van der Waals surface area (Å²) in [5, 5.41) is 3.31. The van der Waals surface area contributed by atoms with Crippen LogP contribution >= 0.6 is 11.6 Å². The Labute approximate surface area is 128 Å². The third-order valence-electron chi connectivity index (χ3n) is 2.94. The summed E-state index contributed by atoms with van der Waals surface area (Å²) in [5.74, 6) is 0.279. The van der Waals surface area contributed by atoms with E-state index in [0.717, 1.165) is 5.56 Å². The van der Waals surface area contributed by atoms with Gasteiger partial charge in [-0.05, 0) is 44.2 Å². The Morgan fingerprint density at radius 3 is 2.76 bits per heavy atom. The summed E-state index contributed by atoms with van der Waals surface area (Å²) < 4.78 is 5.48. The van der Waals surface area contributed by atoms with Gasteiger partial charge in [-0.1, -0.05) is 23.2 Å². The minimum absolute atomic E-state index is 0.292. The van der Waals surface area contributed by atoms with Gasteiger partial charge in [0, 0.05) is 10.7 Å². The molecular formula is C16H17ClN2O2. The average Bonchev–Trinajstić information content (AvgIpc) is 2.44. The number of benzene rings is 2. The molecule has 0 aliphatic carbocycles. The lowest BCUT2D eigenvalue weighted by Gasteiger charge is -2.13. The van der Waals surface area contributed by atoms with Crippen molar-refractivity contribution in [2.45, 2.75) is 13.8 Å². The van der Waals surface area contributed by atoms with Crippen LogP contribution in [0.25, 0.3) is 0 Å². The van der Waals surface area contributed by atoms with Gasteiger partial charge >= 0.3 is 0 Å². The number of nitrogen functional groups attached to an aromatic ring is 1. The molecule has 0 saturated heterocycles. The zero-order chi connectivity index (χ0) is 15.4. The maximum Gasteiger partial charge on any atom is 0.257 e. The normalized spacial score (nSPS) is 10.2. The highest BCUT2D eigenvalue weighted by atomic mass is 35.5. The molecule has 21 heavy (non-hydrogen) atoms. The lowest BCUT2D eigenvalue weighted by Crippen LogP contribution is -2.15. The summed E-state index contributed by atoms with van der Waals surface area (Å²) in [7, 11) is 0. The van der Waals surface area contributed by atoms with Crippen LogP contribution in [0.15, 0.2) is 36.4 Å². The fourth-order valence-electron chi connectivity index (χ4n) is 1.94. The monoisotopic (exact) mass is 304 g/mol. The van der Waals surface area contributed by atoms with Gasteiger partial charge in [0.05, 0.1) is 17.9 Å². The summed E-state index contributed by atoms with van der Waals surface area (Å²) >= 11 is 5.97. The Balaban J connectivity index is 2.31. The summed E-state index contributed by atoms with van der Waals surface area (Å²) in [4.78, 5) is 12.4. The first-order chi connectivity index (χ1) is 10.0. The van der Waals surface area contributed by atoms with Crippen LogP contribution in [0.5, 0.6) is 5.75 Å². The molecule has 110 valence electrons. The van der Waals surface area contributed by atoms with Crippen molar-refractivity contribution in [1.29, 1.82) is 0 Å². The van der Waals surface area contributed by atoms with E-state index in [1.807, 2.05) is 19.9 Å². The molecule has 0 spiro atoms. The van der Waals surface area contributed by atoms with E-state index in [0.29, 0.717) is 34.3 Å². The number of halogens is 1. The van der Waals surface area contributed by atoms with Gasteiger partial charge < -0.3 is 15.8 Å². The topological polar surface area (TPSA) is 64.3 Å². The fourth-order valence-corrected chi connectivity index (χ4v) is 2.11. The van der Waals surface area contributed by atoms with E-state index in [1.165, 1.54) is 0 Å². The lowest BCUT2D eigenvalue weighted by atomic mass is 10.1.